The molecule has 3 rings (SSSR count). The van der Waals surface area contributed by atoms with Gasteiger partial charge in [0.15, 0.2) is 8.32 Å². The molecule has 2 heterocycles. The van der Waals surface area contributed by atoms with Gasteiger partial charge in [0.2, 0.25) is 0 Å². The summed E-state index contributed by atoms with van der Waals surface area (Å²) in [5.74, 6) is 1.42. The van der Waals surface area contributed by atoms with Crippen molar-refractivity contribution in [1.82, 2.24) is 4.98 Å². The largest absolute Gasteiger partial charge is 0.491 e. The molecule has 0 unspecified atom stereocenters. The van der Waals surface area contributed by atoms with Crippen molar-refractivity contribution >= 4 is 19.3 Å². The summed E-state index contributed by atoms with van der Waals surface area (Å²) in [6, 6.07) is 11.6. The molecule has 146 valence electrons. The van der Waals surface area contributed by atoms with Crippen LogP contribution in [0.3, 0.4) is 0 Å². The van der Waals surface area contributed by atoms with E-state index < -0.39 is 8.32 Å². The van der Waals surface area contributed by atoms with Crippen molar-refractivity contribution in [2.75, 3.05) is 13.2 Å². The second-order valence-electron chi connectivity index (χ2n) is 8.30. The molecule has 0 spiro atoms. The van der Waals surface area contributed by atoms with Gasteiger partial charge < -0.3 is 13.6 Å². The van der Waals surface area contributed by atoms with Crippen LogP contribution in [0.2, 0.25) is 18.1 Å². The quantitative estimate of drug-likeness (QED) is 0.392. The predicted octanol–water partition coefficient (Wildman–Crippen LogP) is 5.77. The number of ether oxygens (including phenoxy) is 1. The van der Waals surface area contributed by atoms with Crippen molar-refractivity contribution in [2.45, 2.75) is 38.9 Å². The van der Waals surface area contributed by atoms with Crippen LogP contribution >= 0.6 is 0 Å². The lowest BCUT2D eigenvalue weighted by Crippen LogP contribution is -2.41. The normalized spacial score (nSPS) is 12.1. The molecule has 0 atom stereocenters. The fourth-order valence-electron chi connectivity index (χ4n) is 2.62. The first-order valence-corrected chi connectivity index (χ1v) is 12.3. The Labute approximate surface area is 167 Å². The molecule has 6 heteroatoms. The monoisotopic (exact) mass is 394 g/mol. The maximum absolute atomic E-state index is 9.27. The Kier molecular flexibility index (Phi) is 5.59. The molecule has 0 fully saturated rings. The predicted molar refractivity (Wildman–Crippen MR) is 113 cm³/mol. The molecule has 5 nitrogen and oxygen atoms in total. The van der Waals surface area contributed by atoms with E-state index in [1.807, 2.05) is 24.3 Å². The van der Waals surface area contributed by atoms with E-state index in [4.69, 9.17) is 13.6 Å². The highest BCUT2D eigenvalue weighted by Gasteiger charge is 2.36. The van der Waals surface area contributed by atoms with Crippen molar-refractivity contribution in [2.24, 2.45) is 0 Å². The van der Waals surface area contributed by atoms with E-state index in [1.165, 1.54) is 0 Å². The van der Waals surface area contributed by atoms with Crippen LogP contribution in [0.25, 0.3) is 22.3 Å². The first-order valence-electron chi connectivity index (χ1n) is 9.36. The maximum Gasteiger partial charge on any atom is 0.192 e. The smallest absolute Gasteiger partial charge is 0.192 e. The molecule has 0 N–H and O–H groups in total. The van der Waals surface area contributed by atoms with Gasteiger partial charge in [-0.05, 0) is 48.5 Å². The van der Waals surface area contributed by atoms with E-state index in [-0.39, 0.29) is 5.04 Å². The summed E-state index contributed by atoms with van der Waals surface area (Å²) in [4.78, 5) is 3.99. The molecule has 3 aromatic rings. The summed E-state index contributed by atoms with van der Waals surface area (Å²) in [5, 5.41) is 10.4. The minimum Gasteiger partial charge on any atom is -0.491 e. The lowest BCUT2D eigenvalue weighted by Gasteiger charge is -2.36. The molecule has 28 heavy (non-hydrogen) atoms. The molecule has 0 aliphatic carbocycles. The molecular weight excluding hydrogens is 368 g/mol. The van der Waals surface area contributed by atoms with Crippen molar-refractivity contribution in [3.05, 3.63) is 48.3 Å². The fourth-order valence-corrected chi connectivity index (χ4v) is 3.64. The van der Waals surface area contributed by atoms with Gasteiger partial charge in [-0.25, -0.2) is 0 Å². The number of furan rings is 1. The highest BCUT2D eigenvalue weighted by molar-refractivity contribution is 6.74. The summed E-state index contributed by atoms with van der Waals surface area (Å²) in [6.07, 6.45) is 3.19. The molecular formula is C22H26N2O3Si. The lowest BCUT2D eigenvalue weighted by molar-refractivity contribution is 0.203. The Morgan fingerprint density at radius 2 is 1.93 bits per heavy atom. The van der Waals surface area contributed by atoms with Gasteiger partial charge in [0, 0.05) is 23.3 Å². The Balaban J connectivity index is 1.69. The van der Waals surface area contributed by atoms with Gasteiger partial charge in [-0.15, -0.1) is 0 Å². The standard InChI is InChI=1S/C22H26N2O3Si/c1-22(2,3)28(4,5)26-11-10-25-18-6-7-20-16(12-18)13-21(27-20)19-8-9-24-15-17(19)14-23/h6-9,12-13,15H,10-11H2,1-5H3. The van der Waals surface area contributed by atoms with Crippen molar-refractivity contribution in [3.63, 3.8) is 0 Å². The zero-order valence-electron chi connectivity index (χ0n) is 17.1. The van der Waals surface area contributed by atoms with Crippen molar-refractivity contribution in [3.8, 4) is 23.1 Å². The number of aromatic nitrogens is 1. The van der Waals surface area contributed by atoms with Crippen LogP contribution in [0.15, 0.2) is 47.1 Å². The Morgan fingerprint density at radius 3 is 2.64 bits per heavy atom. The molecule has 1 aromatic carbocycles. The Morgan fingerprint density at radius 1 is 1.14 bits per heavy atom. The van der Waals surface area contributed by atoms with Crippen LogP contribution in [0, 0.1) is 11.3 Å². The van der Waals surface area contributed by atoms with Gasteiger partial charge >= 0.3 is 0 Å². The van der Waals surface area contributed by atoms with Crippen LogP contribution in [0.1, 0.15) is 26.3 Å². The minimum absolute atomic E-state index is 0.189. The van der Waals surface area contributed by atoms with E-state index in [1.54, 1.807) is 18.5 Å². The molecule has 0 amide bonds. The number of rotatable bonds is 6. The maximum atomic E-state index is 9.27. The second kappa shape index (κ2) is 7.78. The summed E-state index contributed by atoms with van der Waals surface area (Å²) >= 11 is 0. The number of fused-ring (bicyclic) bond motifs is 1. The minimum atomic E-state index is -1.76. The van der Waals surface area contributed by atoms with Gasteiger partial charge in [0.05, 0.1) is 12.2 Å². The van der Waals surface area contributed by atoms with Crippen LogP contribution < -0.4 is 4.74 Å². The summed E-state index contributed by atoms with van der Waals surface area (Å²) in [5.41, 5.74) is 1.97. The van der Waals surface area contributed by atoms with Crippen LogP contribution in [-0.4, -0.2) is 26.5 Å². The topological polar surface area (TPSA) is 68.3 Å². The SMILES string of the molecule is CC(C)(C)[Si](C)(C)OCCOc1ccc2oc(-c3ccncc3C#N)cc2c1. The Bertz CT molecular complexity index is 1010. The second-order valence-corrected chi connectivity index (χ2v) is 13.1. The molecule has 2 aromatic heterocycles. The number of nitrogens with zero attached hydrogens (tertiary/aromatic N) is 2. The third-order valence-electron chi connectivity index (χ3n) is 5.32. The summed E-state index contributed by atoms with van der Waals surface area (Å²) in [7, 11) is -1.76. The van der Waals surface area contributed by atoms with E-state index >= 15 is 0 Å². The average Bonchev–Trinajstić information content (AvgIpc) is 3.07. The highest BCUT2D eigenvalue weighted by atomic mass is 28.4. The number of nitriles is 1. The summed E-state index contributed by atoms with van der Waals surface area (Å²) < 4.78 is 17.9. The van der Waals surface area contributed by atoms with Crippen LogP contribution in [-0.2, 0) is 4.43 Å². The number of hydrogen-bond donors (Lipinski definition) is 0. The number of hydrogen-bond acceptors (Lipinski definition) is 5. The third-order valence-corrected chi connectivity index (χ3v) is 9.85. The molecule has 0 radical (unpaired) electrons. The van der Waals surface area contributed by atoms with Gasteiger partial charge in [0.25, 0.3) is 0 Å². The molecule has 0 aliphatic rings. The van der Waals surface area contributed by atoms with Crippen LogP contribution in [0.4, 0.5) is 0 Å². The van der Waals surface area contributed by atoms with Gasteiger partial charge in [0.1, 0.15) is 29.8 Å². The zero-order valence-corrected chi connectivity index (χ0v) is 18.1. The van der Waals surface area contributed by atoms with Gasteiger partial charge in [-0.2, -0.15) is 5.26 Å². The Hall–Kier alpha value is -2.62. The fraction of sp³-hybridized carbons (Fsp3) is 0.364. The zero-order chi connectivity index (χ0) is 20.4. The first kappa shape index (κ1) is 20.1. The van der Waals surface area contributed by atoms with E-state index in [0.29, 0.717) is 24.5 Å². The van der Waals surface area contributed by atoms with Crippen molar-refractivity contribution < 1.29 is 13.6 Å². The van der Waals surface area contributed by atoms with Crippen molar-refractivity contribution in [1.29, 1.82) is 5.26 Å². The van der Waals surface area contributed by atoms with Gasteiger partial charge in [-0.3, -0.25) is 4.98 Å². The average molecular weight is 395 g/mol. The number of benzene rings is 1. The molecule has 0 saturated heterocycles. The number of pyridine rings is 1. The van der Waals surface area contributed by atoms with Crippen LogP contribution in [0.5, 0.6) is 5.75 Å². The lowest BCUT2D eigenvalue weighted by atomic mass is 10.1. The van der Waals surface area contributed by atoms with E-state index in [0.717, 1.165) is 22.3 Å². The third kappa shape index (κ3) is 4.27. The van der Waals surface area contributed by atoms with E-state index in [9.17, 15) is 5.26 Å². The molecule has 0 saturated carbocycles. The summed E-state index contributed by atoms with van der Waals surface area (Å²) in [6.45, 7) is 12.2. The molecule has 0 aliphatic heterocycles. The molecule has 0 bridgehead atoms. The first-order chi connectivity index (χ1) is 13.2. The van der Waals surface area contributed by atoms with E-state index in [2.05, 4.69) is 44.9 Å². The van der Waals surface area contributed by atoms with Gasteiger partial charge in [-0.1, -0.05) is 20.8 Å². The highest BCUT2D eigenvalue weighted by Crippen LogP contribution is 2.36.